The molecule has 0 aromatic heterocycles. The Kier molecular flexibility index (Phi) is 5.74. The lowest BCUT2D eigenvalue weighted by Crippen LogP contribution is -2.05. The summed E-state index contributed by atoms with van der Waals surface area (Å²) in [5, 5.41) is 4.14. The molecular formula is C16H17Cl2NO2. The van der Waals surface area contributed by atoms with E-state index in [4.69, 9.17) is 32.7 Å². The average molecular weight is 326 g/mol. The Morgan fingerprint density at radius 3 is 2.62 bits per heavy atom. The Labute approximate surface area is 134 Å². The molecule has 0 saturated heterocycles. The molecule has 1 N–H and O–H groups in total. The number of hydrogen-bond donors (Lipinski definition) is 1. The van der Waals surface area contributed by atoms with Crippen molar-refractivity contribution in [3.05, 3.63) is 57.6 Å². The van der Waals surface area contributed by atoms with Crippen molar-refractivity contribution >= 4 is 23.2 Å². The van der Waals surface area contributed by atoms with Crippen molar-refractivity contribution in [2.24, 2.45) is 0 Å². The van der Waals surface area contributed by atoms with Gasteiger partial charge in [0.15, 0.2) is 11.5 Å². The fourth-order valence-corrected chi connectivity index (χ4v) is 2.34. The molecule has 3 nitrogen and oxygen atoms in total. The first-order valence-electron chi connectivity index (χ1n) is 6.53. The van der Waals surface area contributed by atoms with Crippen LogP contribution in [0.15, 0.2) is 36.4 Å². The van der Waals surface area contributed by atoms with E-state index >= 15 is 0 Å². The third-order valence-corrected chi connectivity index (χ3v) is 3.88. The fraction of sp³-hybridized carbons (Fsp3) is 0.250. The van der Waals surface area contributed by atoms with Crippen LogP contribution in [-0.4, -0.2) is 14.2 Å². The van der Waals surface area contributed by atoms with Crippen LogP contribution in [0.1, 0.15) is 11.1 Å². The van der Waals surface area contributed by atoms with Crippen LogP contribution < -0.4 is 14.8 Å². The highest BCUT2D eigenvalue weighted by molar-refractivity contribution is 6.42. The van der Waals surface area contributed by atoms with Crippen LogP contribution >= 0.6 is 23.2 Å². The van der Waals surface area contributed by atoms with Crippen LogP contribution in [0.25, 0.3) is 0 Å². The van der Waals surface area contributed by atoms with Gasteiger partial charge in [0, 0.05) is 12.1 Å². The van der Waals surface area contributed by atoms with Crippen molar-refractivity contribution in [3.8, 4) is 11.5 Å². The zero-order chi connectivity index (χ0) is 15.2. The molecule has 2 rings (SSSR count). The van der Waals surface area contributed by atoms with Crippen LogP contribution in [0.3, 0.4) is 0 Å². The minimum atomic E-state index is 0.334. The third-order valence-electron chi connectivity index (χ3n) is 3.02. The molecule has 0 amide bonds. The van der Waals surface area contributed by atoms with Gasteiger partial charge in [0.25, 0.3) is 0 Å². The summed E-state index contributed by atoms with van der Waals surface area (Å²) >= 11 is 12.1. The van der Waals surface area contributed by atoms with Crippen LogP contribution in [0.5, 0.6) is 11.5 Å². The minimum Gasteiger partial charge on any atom is -0.493 e. The predicted molar refractivity (Wildman–Crippen MR) is 86.6 cm³/mol. The number of nitrogens with one attached hydrogen (secondary N) is 1. The van der Waals surface area contributed by atoms with E-state index in [0.717, 1.165) is 17.7 Å². The topological polar surface area (TPSA) is 30.5 Å². The summed E-state index contributed by atoms with van der Waals surface area (Å²) < 4.78 is 11.2. The molecule has 0 saturated carbocycles. The second-order valence-electron chi connectivity index (χ2n) is 4.52. The van der Waals surface area contributed by atoms with E-state index < -0.39 is 0 Å². The van der Waals surface area contributed by atoms with Gasteiger partial charge in [0.1, 0.15) is 6.61 Å². The summed E-state index contributed by atoms with van der Waals surface area (Å²) in [7, 11) is 3.52. The molecule has 0 aliphatic rings. The van der Waals surface area contributed by atoms with E-state index in [9.17, 15) is 0 Å². The fourth-order valence-electron chi connectivity index (χ4n) is 1.96. The highest BCUT2D eigenvalue weighted by atomic mass is 35.5. The van der Waals surface area contributed by atoms with Crippen molar-refractivity contribution in [2.75, 3.05) is 14.2 Å². The lowest BCUT2D eigenvalue weighted by Gasteiger charge is -2.13. The van der Waals surface area contributed by atoms with Crippen molar-refractivity contribution < 1.29 is 9.47 Å². The molecule has 2 aromatic rings. The van der Waals surface area contributed by atoms with Gasteiger partial charge in [-0.1, -0.05) is 41.4 Å². The molecule has 21 heavy (non-hydrogen) atoms. The van der Waals surface area contributed by atoms with Crippen molar-refractivity contribution in [2.45, 2.75) is 13.2 Å². The standard InChI is InChI=1S/C16H17Cl2NO2/c1-19-9-11-6-7-14(15(8-11)20-2)21-10-12-4-3-5-13(17)16(12)18/h3-8,19H,9-10H2,1-2H3. The van der Waals surface area contributed by atoms with Gasteiger partial charge in [-0.2, -0.15) is 0 Å². The maximum atomic E-state index is 6.15. The van der Waals surface area contributed by atoms with Crippen LogP contribution in [0, 0.1) is 0 Å². The number of methoxy groups -OCH3 is 1. The van der Waals surface area contributed by atoms with Gasteiger partial charge >= 0.3 is 0 Å². The predicted octanol–water partition coefficient (Wildman–Crippen LogP) is 4.30. The Morgan fingerprint density at radius 2 is 1.90 bits per heavy atom. The third kappa shape index (κ3) is 4.03. The van der Waals surface area contributed by atoms with E-state index in [1.165, 1.54) is 0 Å². The second kappa shape index (κ2) is 7.55. The molecule has 2 aromatic carbocycles. The van der Waals surface area contributed by atoms with Gasteiger partial charge in [-0.25, -0.2) is 0 Å². The quantitative estimate of drug-likeness (QED) is 0.858. The summed E-state index contributed by atoms with van der Waals surface area (Å²) in [6.45, 7) is 1.11. The molecule has 0 fully saturated rings. The first-order valence-corrected chi connectivity index (χ1v) is 7.28. The van der Waals surface area contributed by atoms with Crippen molar-refractivity contribution in [1.82, 2.24) is 5.32 Å². The second-order valence-corrected chi connectivity index (χ2v) is 5.30. The molecule has 5 heteroatoms. The average Bonchev–Trinajstić information content (AvgIpc) is 2.50. The zero-order valence-corrected chi connectivity index (χ0v) is 13.5. The summed E-state index contributed by atoms with van der Waals surface area (Å²) in [6.07, 6.45) is 0. The number of rotatable bonds is 6. The van der Waals surface area contributed by atoms with Crippen LogP contribution in [0.2, 0.25) is 10.0 Å². The summed E-state index contributed by atoms with van der Waals surface area (Å²) in [6, 6.07) is 11.3. The number of hydrogen-bond acceptors (Lipinski definition) is 3. The SMILES string of the molecule is CNCc1ccc(OCc2cccc(Cl)c2Cl)c(OC)c1. The number of ether oxygens (including phenoxy) is 2. The highest BCUT2D eigenvalue weighted by Crippen LogP contribution is 2.31. The Bertz CT molecular complexity index is 617. The van der Waals surface area contributed by atoms with Crippen molar-refractivity contribution in [3.63, 3.8) is 0 Å². The molecule has 0 radical (unpaired) electrons. The normalized spacial score (nSPS) is 10.5. The maximum Gasteiger partial charge on any atom is 0.161 e. The summed E-state index contributed by atoms with van der Waals surface area (Å²) in [5.41, 5.74) is 1.97. The largest absolute Gasteiger partial charge is 0.493 e. The number of benzene rings is 2. The van der Waals surface area contributed by atoms with Gasteiger partial charge in [-0.05, 0) is 30.8 Å². The maximum absolute atomic E-state index is 6.15. The van der Waals surface area contributed by atoms with Gasteiger partial charge in [-0.3, -0.25) is 0 Å². The van der Waals surface area contributed by atoms with Gasteiger partial charge in [0.2, 0.25) is 0 Å². The van der Waals surface area contributed by atoms with Gasteiger partial charge in [-0.15, -0.1) is 0 Å². The van der Waals surface area contributed by atoms with Crippen LogP contribution in [0.4, 0.5) is 0 Å². The van der Waals surface area contributed by atoms with E-state index in [0.29, 0.717) is 28.2 Å². The lowest BCUT2D eigenvalue weighted by atomic mass is 10.2. The van der Waals surface area contributed by atoms with E-state index in [-0.39, 0.29) is 0 Å². The van der Waals surface area contributed by atoms with E-state index in [1.54, 1.807) is 13.2 Å². The van der Waals surface area contributed by atoms with Gasteiger partial charge in [0.05, 0.1) is 17.2 Å². The summed E-state index contributed by atoms with van der Waals surface area (Å²) in [4.78, 5) is 0. The van der Waals surface area contributed by atoms with Crippen LogP contribution in [-0.2, 0) is 13.2 Å². The van der Waals surface area contributed by atoms with E-state index in [2.05, 4.69) is 5.32 Å². The molecule has 0 heterocycles. The molecular weight excluding hydrogens is 309 g/mol. The first kappa shape index (κ1) is 16.0. The smallest absolute Gasteiger partial charge is 0.161 e. The molecule has 0 aliphatic heterocycles. The lowest BCUT2D eigenvalue weighted by molar-refractivity contribution is 0.284. The molecule has 0 atom stereocenters. The van der Waals surface area contributed by atoms with Crippen molar-refractivity contribution in [1.29, 1.82) is 0 Å². The Balaban J connectivity index is 2.14. The highest BCUT2D eigenvalue weighted by Gasteiger charge is 2.09. The number of halogens is 2. The van der Waals surface area contributed by atoms with E-state index in [1.807, 2.05) is 37.4 Å². The Hall–Kier alpha value is -1.42. The summed E-state index contributed by atoms with van der Waals surface area (Å²) in [5.74, 6) is 1.37. The molecule has 0 spiro atoms. The molecule has 0 unspecified atom stereocenters. The molecule has 0 bridgehead atoms. The Morgan fingerprint density at radius 1 is 1.10 bits per heavy atom. The monoisotopic (exact) mass is 325 g/mol. The molecule has 0 aliphatic carbocycles. The van der Waals surface area contributed by atoms with Gasteiger partial charge < -0.3 is 14.8 Å². The zero-order valence-electron chi connectivity index (χ0n) is 12.0. The molecule has 112 valence electrons. The first-order chi connectivity index (χ1) is 10.2. The minimum absolute atomic E-state index is 0.334.